The number of carbonyl (C=O) groups is 1. The number of primary amides is 1. The lowest BCUT2D eigenvalue weighted by Gasteiger charge is -2.31. The molecule has 1 rings (SSSR count). The summed E-state index contributed by atoms with van der Waals surface area (Å²) < 4.78 is 0. The standard InChI is InChI=1S/C11H22N2O2/c1-11(2,10(12)15)7-13-8-5-3-4-6-9(8)14/h8-9,13-14H,3-7H2,1-2H3,(H2,12,15)/t8-,9-/m1/s1. The Bertz CT molecular complexity index is 229. The lowest BCUT2D eigenvalue weighted by Crippen LogP contribution is -2.48. The second-order valence-electron chi connectivity index (χ2n) is 5.09. The fraction of sp³-hybridized carbons (Fsp3) is 0.909. The van der Waals surface area contributed by atoms with Gasteiger partial charge in [-0.15, -0.1) is 0 Å². The molecule has 4 N–H and O–H groups in total. The summed E-state index contributed by atoms with van der Waals surface area (Å²) in [6.07, 6.45) is 3.80. The van der Waals surface area contributed by atoms with Crippen molar-refractivity contribution < 1.29 is 9.90 Å². The lowest BCUT2D eigenvalue weighted by atomic mass is 9.89. The largest absolute Gasteiger partial charge is 0.392 e. The fourth-order valence-corrected chi connectivity index (χ4v) is 1.82. The first-order valence-corrected chi connectivity index (χ1v) is 5.65. The Morgan fingerprint density at radius 3 is 2.60 bits per heavy atom. The molecule has 0 saturated heterocycles. The maximum Gasteiger partial charge on any atom is 0.224 e. The topological polar surface area (TPSA) is 75.3 Å². The number of carbonyl (C=O) groups excluding carboxylic acids is 1. The van der Waals surface area contributed by atoms with Crippen LogP contribution in [0.3, 0.4) is 0 Å². The summed E-state index contributed by atoms with van der Waals surface area (Å²) in [7, 11) is 0. The highest BCUT2D eigenvalue weighted by atomic mass is 16.3. The zero-order valence-electron chi connectivity index (χ0n) is 9.62. The minimum absolute atomic E-state index is 0.123. The van der Waals surface area contributed by atoms with Crippen molar-refractivity contribution in [2.75, 3.05) is 6.54 Å². The van der Waals surface area contributed by atoms with E-state index in [0.717, 1.165) is 25.7 Å². The number of hydrogen-bond donors (Lipinski definition) is 3. The smallest absolute Gasteiger partial charge is 0.224 e. The minimum Gasteiger partial charge on any atom is -0.392 e. The summed E-state index contributed by atoms with van der Waals surface area (Å²) in [4.78, 5) is 11.1. The van der Waals surface area contributed by atoms with Crippen molar-refractivity contribution >= 4 is 5.91 Å². The van der Waals surface area contributed by atoms with Gasteiger partial charge in [-0.3, -0.25) is 4.79 Å². The average molecular weight is 214 g/mol. The molecular weight excluding hydrogens is 192 g/mol. The molecule has 0 aromatic rings. The third kappa shape index (κ3) is 3.47. The van der Waals surface area contributed by atoms with Crippen LogP contribution in [0.25, 0.3) is 0 Å². The zero-order chi connectivity index (χ0) is 11.5. The third-order valence-corrected chi connectivity index (χ3v) is 3.20. The van der Waals surface area contributed by atoms with Gasteiger partial charge < -0.3 is 16.2 Å². The van der Waals surface area contributed by atoms with Gasteiger partial charge in [-0.05, 0) is 26.7 Å². The highest BCUT2D eigenvalue weighted by molar-refractivity contribution is 5.80. The Morgan fingerprint density at radius 2 is 2.07 bits per heavy atom. The second-order valence-corrected chi connectivity index (χ2v) is 5.09. The molecule has 1 aliphatic carbocycles. The van der Waals surface area contributed by atoms with Crippen molar-refractivity contribution in [2.45, 2.75) is 51.7 Å². The molecule has 0 aliphatic heterocycles. The van der Waals surface area contributed by atoms with Crippen LogP contribution in [0.4, 0.5) is 0 Å². The van der Waals surface area contributed by atoms with Crippen molar-refractivity contribution in [3.05, 3.63) is 0 Å². The minimum atomic E-state index is -0.544. The van der Waals surface area contributed by atoms with Gasteiger partial charge >= 0.3 is 0 Å². The van der Waals surface area contributed by atoms with Gasteiger partial charge in [0.05, 0.1) is 11.5 Å². The summed E-state index contributed by atoms with van der Waals surface area (Å²) >= 11 is 0. The molecule has 88 valence electrons. The van der Waals surface area contributed by atoms with Gasteiger partial charge in [0, 0.05) is 12.6 Å². The Morgan fingerprint density at radius 1 is 1.47 bits per heavy atom. The zero-order valence-corrected chi connectivity index (χ0v) is 9.62. The summed E-state index contributed by atoms with van der Waals surface area (Å²) in [6, 6.07) is 0.123. The first-order chi connectivity index (χ1) is 6.93. The number of nitrogens with two attached hydrogens (primary N) is 1. The summed E-state index contributed by atoms with van der Waals surface area (Å²) in [5, 5.41) is 13.0. The lowest BCUT2D eigenvalue weighted by molar-refractivity contribution is -0.126. The number of aliphatic hydroxyl groups excluding tert-OH is 1. The molecule has 0 heterocycles. The van der Waals surface area contributed by atoms with E-state index in [0.29, 0.717) is 6.54 Å². The number of nitrogens with one attached hydrogen (secondary N) is 1. The van der Waals surface area contributed by atoms with E-state index in [1.165, 1.54) is 0 Å². The molecule has 1 fully saturated rings. The molecule has 0 spiro atoms. The van der Waals surface area contributed by atoms with Crippen LogP contribution < -0.4 is 11.1 Å². The van der Waals surface area contributed by atoms with Gasteiger partial charge in [0.1, 0.15) is 0 Å². The number of amides is 1. The van der Waals surface area contributed by atoms with E-state index in [1.54, 1.807) is 0 Å². The second kappa shape index (κ2) is 4.94. The van der Waals surface area contributed by atoms with Crippen LogP contribution in [-0.2, 0) is 4.79 Å². The summed E-state index contributed by atoms with van der Waals surface area (Å²) in [5.41, 5.74) is 4.73. The molecule has 0 aromatic carbocycles. The first kappa shape index (κ1) is 12.5. The third-order valence-electron chi connectivity index (χ3n) is 3.20. The van der Waals surface area contributed by atoms with Crippen LogP contribution in [0.1, 0.15) is 39.5 Å². The highest BCUT2D eigenvalue weighted by Crippen LogP contribution is 2.20. The van der Waals surface area contributed by atoms with E-state index in [1.807, 2.05) is 13.8 Å². The molecule has 1 aliphatic rings. The number of hydrogen-bond acceptors (Lipinski definition) is 3. The molecule has 0 aromatic heterocycles. The van der Waals surface area contributed by atoms with Gasteiger partial charge in [-0.2, -0.15) is 0 Å². The normalized spacial score (nSPS) is 27.7. The SMILES string of the molecule is CC(C)(CN[C@@H]1CCCC[C@H]1O)C(N)=O. The molecule has 0 bridgehead atoms. The molecular formula is C11H22N2O2. The van der Waals surface area contributed by atoms with Gasteiger partial charge in [0.2, 0.25) is 5.91 Å². The number of aliphatic hydroxyl groups is 1. The summed E-state index contributed by atoms with van der Waals surface area (Å²) in [5.74, 6) is -0.305. The van der Waals surface area contributed by atoms with Crippen LogP contribution in [0.5, 0.6) is 0 Å². The molecule has 1 amide bonds. The Balaban J connectivity index is 2.38. The summed E-state index contributed by atoms with van der Waals surface area (Å²) in [6.45, 7) is 4.17. The monoisotopic (exact) mass is 214 g/mol. The van der Waals surface area contributed by atoms with Crippen LogP contribution in [0.2, 0.25) is 0 Å². The average Bonchev–Trinajstić information content (AvgIpc) is 2.16. The van der Waals surface area contributed by atoms with Crippen LogP contribution >= 0.6 is 0 Å². The molecule has 0 unspecified atom stereocenters. The molecule has 4 nitrogen and oxygen atoms in total. The van der Waals surface area contributed by atoms with Crippen LogP contribution in [0, 0.1) is 5.41 Å². The van der Waals surface area contributed by atoms with Gasteiger partial charge in [0.25, 0.3) is 0 Å². The molecule has 15 heavy (non-hydrogen) atoms. The van der Waals surface area contributed by atoms with E-state index >= 15 is 0 Å². The number of rotatable bonds is 4. The maximum absolute atomic E-state index is 11.1. The predicted molar refractivity (Wildman–Crippen MR) is 59.2 cm³/mol. The Labute approximate surface area is 91.2 Å². The van der Waals surface area contributed by atoms with Crippen molar-refractivity contribution in [3.63, 3.8) is 0 Å². The highest BCUT2D eigenvalue weighted by Gasteiger charge is 2.28. The van der Waals surface area contributed by atoms with Crippen molar-refractivity contribution in [2.24, 2.45) is 11.1 Å². The Hall–Kier alpha value is -0.610. The van der Waals surface area contributed by atoms with Gasteiger partial charge in [0.15, 0.2) is 0 Å². The van der Waals surface area contributed by atoms with Crippen LogP contribution in [0.15, 0.2) is 0 Å². The van der Waals surface area contributed by atoms with Crippen molar-refractivity contribution in [1.82, 2.24) is 5.32 Å². The van der Waals surface area contributed by atoms with Gasteiger partial charge in [-0.1, -0.05) is 12.8 Å². The Kier molecular flexibility index (Phi) is 4.11. The van der Waals surface area contributed by atoms with E-state index in [4.69, 9.17) is 5.73 Å². The van der Waals surface area contributed by atoms with Crippen molar-refractivity contribution in [1.29, 1.82) is 0 Å². The quantitative estimate of drug-likeness (QED) is 0.633. The van der Waals surface area contributed by atoms with E-state index < -0.39 is 5.41 Å². The predicted octanol–water partition coefficient (Wildman–Crippen LogP) is 0.391. The molecule has 0 radical (unpaired) electrons. The van der Waals surface area contributed by atoms with Crippen molar-refractivity contribution in [3.8, 4) is 0 Å². The van der Waals surface area contributed by atoms with Crippen LogP contribution in [-0.4, -0.2) is 29.7 Å². The van der Waals surface area contributed by atoms with E-state index in [-0.39, 0.29) is 18.1 Å². The van der Waals surface area contributed by atoms with Gasteiger partial charge in [-0.25, -0.2) is 0 Å². The van der Waals surface area contributed by atoms with E-state index in [9.17, 15) is 9.90 Å². The molecule has 2 atom stereocenters. The molecule has 4 heteroatoms. The molecule has 1 saturated carbocycles. The fourth-order valence-electron chi connectivity index (χ4n) is 1.82. The first-order valence-electron chi connectivity index (χ1n) is 5.65. The maximum atomic E-state index is 11.1. The van der Waals surface area contributed by atoms with E-state index in [2.05, 4.69) is 5.32 Å².